The minimum absolute atomic E-state index is 0.0586. The summed E-state index contributed by atoms with van der Waals surface area (Å²) in [6, 6.07) is 0. The third-order valence-corrected chi connectivity index (χ3v) is 1.63. The lowest BCUT2D eigenvalue weighted by Gasteiger charge is -2.07. The summed E-state index contributed by atoms with van der Waals surface area (Å²) in [5.74, 6) is -1.07. The van der Waals surface area contributed by atoms with Crippen LogP contribution < -0.4 is 11.5 Å². The smallest absolute Gasteiger partial charge is 0.383 e. The zero-order valence-corrected chi connectivity index (χ0v) is 8.49. The molecule has 0 atom stereocenters. The zero-order valence-electron chi connectivity index (χ0n) is 8.49. The first-order valence-corrected chi connectivity index (χ1v) is 4.35. The van der Waals surface area contributed by atoms with Gasteiger partial charge in [0.2, 0.25) is 0 Å². The van der Waals surface area contributed by atoms with Gasteiger partial charge in [0.05, 0.1) is 5.56 Å². The van der Waals surface area contributed by atoms with Crippen molar-refractivity contribution in [3.8, 4) is 0 Å². The number of rotatable bonds is 4. The van der Waals surface area contributed by atoms with Crippen molar-refractivity contribution in [1.82, 2.24) is 9.97 Å². The maximum atomic E-state index is 11.8. The Balaban J connectivity index is 2.62. The van der Waals surface area contributed by atoms with Crippen LogP contribution in [0.4, 0.5) is 19.0 Å². The van der Waals surface area contributed by atoms with E-state index >= 15 is 0 Å². The molecule has 6 nitrogen and oxygen atoms in total. The van der Waals surface area contributed by atoms with Crippen LogP contribution in [0.5, 0.6) is 0 Å². The highest BCUT2D eigenvalue weighted by molar-refractivity contribution is 5.96. The van der Waals surface area contributed by atoms with E-state index in [-0.39, 0.29) is 17.2 Å². The number of nitrogen functional groups attached to an aromatic ring is 1. The average molecular weight is 250 g/mol. The van der Waals surface area contributed by atoms with Gasteiger partial charge < -0.3 is 16.2 Å². The first-order chi connectivity index (χ1) is 7.79. The van der Waals surface area contributed by atoms with Gasteiger partial charge in [-0.05, 0) is 0 Å². The minimum Gasteiger partial charge on any atom is -0.383 e. The van der Waals surface area contributed by atoms with Crippen molar-refractivity contribution < 1.29 is 22.7 Å². The van der Waals surface area contributed by atoms with Gasteiger partial charge in [-0.2, -0.15) is 13.2 Å². The van der Waals surface area contributed by atoms with Crippen LogP contribution in [-0.4, -0.2) is 28.7 Å². The van der Waals surface area contributed by atoms with Crippen molar-refractivity contribution in [2.75, 3.05) is 12.3 Å². The number of ether oxygens (including phenoxy) is 1. The quantitative estimate of drug-likeness (QED) is 0.796. The zero-order chi connectivity index (χ0) is 13.1. The molecular formula is C8H9F3N4O2. The fourth-order valence-corrected chi connectivity index (χ4v) is 0.951. The third-order valence-electron chi connectivity index (χ3n) is 1.63. The van der Waals surface area contributed by atoms with Crippen LogP contribution in [0.25, 0.3) is 0 Å². The molecule has 1 rings (SSSR count). The molecule has 0 spiro atoms. The molecule has 0 aliphatic carbocycles. The fraction of sp³-hybridized carbons (Fsp3) is 0.375. The summed E-state index contributed by atoms with van der Waals surface area (Å²) in [5.41, 5.74) is 10.2. The Morgan fingerprint density at radius 3 is 2.59 bits per heavy atom. The summed E-state index contributed by atoms with van der Waals surface area (Å²) in [5, 5.41) is 0. The number of amides is 1. The van der Waals surface area contributed by atoms with Crippen molar-refractivity contribution in [3.05, 3.63) is 17.6 Å². The van der Waals surface area contributed by atoms with E-state index in [1.54, 1.807) is 0 Å². The van der Waals surface area contributed by atoms with Gasteiger partial charge in [-0.3, -0.25) is 4.79 Å². The molecule has 0 saturated carbocycles. The second-order valence-corrected chi connectivity index (χ2v) is 3.06. The van der Waals surface area contributed by atoms with Gasteiger partial charge in [0.1, 0.15) is 19.0 Å². The normalized spacial score (nSPS) is 11.5. The molecule has 1 aromatic rings. The molecule has 0 unspecified atom stereocenters. The summed E-state index contributed by atoms with van der Waals surface area (Å²) in [6.45, 7) is -1.86. The molecule has 0 aromatic carbocycles. The highest BCUT2D eigenvalue weighted by Crippen LogP contribution is 2.15. The van der Waals surface area contributed by atoms with Crippen LogP contribution in [0.1, 0.15) is 16.2 Å². The Morgan fingerprint density at radius 1 is 1.47 bits per heavy atom. The Bertz CT molecular complexity index is 422. The molecule has 0 bridgehead atoms. The van der Waals surface area contributed by atoms with Crippen LogP contribution in [0.15, 0.2) is 6.20 Å². The highest BCUT2D eigenvalue weighted by Gasteiger charge is 2.27. The van der Waals surface area contributed by atoms with Crippen LogP contribution in [0.2, 0.25) is 0 Å². The minimum atomic E-state index is -4.42. The van der Waals surface area contributed by atoms with Gasteiger partial charge in [-0.1, -0.05) is 0 Å². The van der Waals surface area contributed by atoms with Gasteiger partial charge in [-0.15, -0.1) is 0 Å². The van der Waals surface area contributed by atoms with Gasteiger partial charge in [-0.25, -0.2) is 9.97 Å². The molecule has 0 fully saturated rings. The second-order valence-electron chi connectivity index (χ2n) is 3.06. The Labute approximate surface area is 93.8 Å². The topological polar surface area (TPSA) is 104 Å². The largest absolute Gasteiger partial charge is 0.411 e. The third kappa shape index (κ3) is 4.23. The second kappa shape index (κ2) is 4.95. The van der Waals surface area contributed by atoms with E-state index < -0.39 is 25.3 Å². The Morgan fingerprint density at radius 2 is 2.12 bits per heavy atom. The first kappa shape index (κ1) is 13.2. The number of anilines is 1. The van der Waals surface area contributed by atoms with E-state index in [0.717, 1.165) is 6.20 Å². The average Bonchev–Trinajstić information content (AvgIpc) is 2.15. The molecule has 94 valence electrons. The maximum Gasteiger partial charge on any atom is 0.411 e. The van der Waals surface area contributed by atoms with E-state index in [0.29, 0.717) is 0 Å². The summed E-state index contributed by atoms with van der Waals surface area (Å²) in [7, 11) is 0. The van der Waals surface area contributed by atoms with Crippen molar-refractivity contribution in [2.45, 2.75) is 12.8 Å². The lowest BCUT2D eigenvalue weighted by Crippen LogP contribution is -2.18. The molecule has 1 heterocycles. The van der Waals surface area contributed by atoms with Crippen LogP contribution >= 0.6 is 0 Å². The van der Waals surface area contributed by atoms with Gasteiger partial charge in [0, 0.05) is 6.20 Å². The number of aromatic nitrogens is 2. The molecular weight excluding hydrogens is 241 g/mol. The highest BCUT2D eigenvalue weighted by atomic mass is 19.4. The SMILES string of the molecule is NC(=O)c1cnc(COCC(F)(F)F)nc1N. The first-order valence-electron chi connectivity index (χ1n) is 4.35. The molecule has 1 aromatic heterocycles. The summed E-state index contributed by atoms with van der Waals surface area (Å²) >= 11 is 0. The van der Waals surface area contributed by atoms with Crippen LogP contribution in [0, 0.1) is 0 Å². The summed E-state index contributed by atoms with van der Waals surface area (Å²) in [6.07, 6.45) is -3.38. The molecule has 0 aliphatic heterocycles. The van der Waals surface area contributed by atoms with E-state index in [9.17, 15) is 18.0 Å². The Kier molecular flexibility index (Phi) is 3.84. The lowest BCUT2D eigenvalue weighted by atomic mass is 10.3. The van der Waals surface area contributed by atoms with Crippen molar-refractivity contribution in [1.29, 1.82) is 0 Å². The predicted octanol–water partition coefficient (Wildman–Crippen LogP) is 0.237. The number of carbonyl (C=O) groups excluding carboxylic acids is 1. The number of carbonyl (C=O) groups is 1. The fourth-order valence-electron chi connectivity index (χ4n) is 0.951. The standard InChI is InChI=1S/C8H9F3N4O2/c9-8(10,11)3-17-2-5-14-1-4(7(13)16)6(12)15-5/h1H,2-3H2,(H2,13,16)(H2,12,14,15). The van der Waals surface area contributed by atoms with E-state index in [1.165, 1.54) is 0 Å². The molecule has 4 N–H and O–H groups in total. The predicted molar refractivity (Wildman–Crippen MR) is 50.7 cm³/mol. The Hall–Kier alpha value is -1.90. The lowest BCUT2D eigenvalue weighted by molar-refractivity contribution is -0.177. The van der Waals surface area contributed by atoms with Crippen molar-refractivity contribution in [3.63, 3.8) is 0 Å². The molecule has 17 heavy (non-hydrogen) atoms. The molecule has 0 radical (unpaired) electrons. The number of alkyl halides is 3. The molecule has 0 saturated heterocycles. The monoisotopic (exact) mass is 250 g/mol. The van der Waals surface area contributed by atoms with E-state index in [1.807, 2.05) is 0 Å². The number of nitrogens with two attached hydrogens (primary N) is 2. The number of halogens is 3. The van der Waals surface area contributed by atoms with Gasteiger partial charge in [0.15, 0.2) is 5.82 Å². The maximum absolute atomic E-state index is 11.8. The van der Waals surface area contributed by atoms with Crippen LogP contribution in [0.3, 0.4) is 0 Å². The van der Waals surface area contributed by atoms with Crippen molar-refractivity contribution >= 4 is 11.7 Å². The van der Waals surface area contributed by atoms with Crippen LogP contribution in [-0.2, 0) is 11.3 Å². The number of nitrogens with zero attached hydrogens (tertiary/aromatic N) is 2. The van der Waals surface area contributed by atoms with Gasteiger partial charge in [0.25, 0.3) is 5.91 Å². The summed E-state index contributed by atoms with van der Waals surface area (Å²) < 4.78 is 39.6. The summed E-state index contributed by atoms with van der Waals surface area (Å²) in [4.78, 5) is 17.9. The van der Waals surface area contributed by atoms with Crippen molar-refractivity contribution in [2.24, 2.45) is 5.73 Å². The number of primary amides is 1. The number of hydrogen-bond acceptors (Lipinski definition) is 5. The van der Waals surface area contributed by atoms with Gasteiger partial charge >= 0.3 is 6.18 Å². The molecule has 0 aliphatic rings. The molecule has 9 heteroatoms. The van der Waals surface area contributed by atoms with E-state index in [2.05, 4.69) is 14.7 Å². The molecule has 1 amide bonds. The number of hydrogen-bond donors (Lipinski definition) is 2. The van der Waals surface area contributed by atoms with E-state index in [4.69, 9.17) is 11.5 Å².